The maximum atomic E-state index is 12.0. The van der Waals surface area contributed by atoms with Gasteiger partial charge in [-0.1, -0.05) is 102 Å². The first-order valence-corrected chi connectivity index (χ1v) is 27.4. The van der Waals surface area contributed by atoms with Crippen LogP contribution >= 0.6 is 0 Å². The maximum Gasteiger partial charge on any atom is 0.190 e. The lowest BCUT2D eigenvalue weighted by Gasteiger charge is -2.37. The largest absolute Gasteiger partial charge is 0.507 e. The Labute approximate surface area is 459 Å². The molecule has 16 heteroatoms. The fourth-order valence-electron chi connectivity index (χ4n) is 11.5. The van der Waals surface area contributed by atoms with Crippen LogP contribution in [0, 0.1) is 0 Å². The second-order valence-corrected chi connectivity index (χ2v) is 25.4. The summed E-state index contributed by atoms with van der Waals surface area (Å²) in [6.07, 6.45) is -1.33. The van der Waals surface area contributed by atoms with Crippen molar-refractivity contribution < 1.29 is 67.1 Å². The molecule has 6 aliphatic heterocycles. The molecule has 0 amide bonds. The van der Waals surface area contributed by atoms with E-state index >= 15 is 0 Å². The van der Waals surface area contributed by atoms with Gasteiger partial charge in [0.2, 0.25) is 0 Å². The minimum absolute atomic E-state index is 0.126. The zero-order valence-corrected chi connectivity index (χ0v) is 47.7. The Kier molecular flexibility index (Phi) is 15.5. The summed E-state index contributed by atoms with van der Waals surface area (Å²) in [5.41, 5.74) is 5.17. The lowest BCUT2D eigenvalue weighted by Crippen LogP contribution is -2.56. The zero-order valence-electron chi connectivity index (χ0n) is 47.7. The molecule has 6 saturated heterocycles. The summed E-state index contributed by atoms with van der Waals surface area (Å²) in [5, 5.41) is 24.1. The van der Waals surface area contributed by atoms with E-state index in [0.717, 1.165) is 33.4 Å². The predicted octanol–water partition coefficient (Wildman–Crippen LogP) is 10.5. The summed E-state index contributed by atoms with van der Waals surface area (Å²) >= 11 is 0. The number of benzene rings is 4. The lowest BCUT2D eigenvalue weighted by molar-refractivity contribution is -0.243. The summed E-state index contributed by atoms with van der Waals surface area (Å²) in [6, 6.07) is 26.6. The normalized spacial score (nSPS) is 30.5. The molecule has 4 aromatic rings. The molecule has 78 heavy (non-hydrogen) atoms. The molecule has 10 rings (SSSR count). The van der Waals surface area contributed by atoms with Gasteiger partial charge in [0.05, 0.1) is 26.4 Å². The maximum absolute atomic E-state index is 12.0. The molecule has 0 spiro atoms. The van der Waals surface area contributed by atoms with E-state index in [1.54, 1.807) is 12.4 Å². The van der Waals surface area contributed by atoms with E-state index in [9.17, 15) is 10.2 Å². The van der Waals surface area contributed by atoms with Gasteiger partial charge in [-0.05, 0) is 113 Å². The molecule has 6 fully saturated rings. The number of phenolic OH excluding ortho intramolecular Hbond substituents is 2. The van der Waals surface area contributed by atoms with Crippen LogP contribution in [0.1, 0.15) is 154 Å². The molecule has 16 nitrogen and oxygen atoms in total. The number of rotatable bonds is 15. The number of hydrogen-bond acceptors (Lipinski definition) is 16. The van der Waals surface area contributed by atoms with Gasteiger partial charge in [0.1, 0.15) is 72.4 Å². The molecule has 6 aliphatic rings. The van der Waals surface area contributed by atoms with E-state index < -0.39 is 107 Å². The third kappa shape index (κ3) is 12.3. The topological polar surface area (TPSA) is 176 Å². The number of hydrogen-bond donors (Lipinski definition) is 2. The van der Waals surface area contributed by atoms with Gasteiger partial charge in [-0.2, -0.15) is 0 Å². The van der Waals surface area contributed by atoms with Crippen LogP contribution in [0.5, 0.6) is 11.5 Å². The predicted molar refractivity (Wildman–Crippen MR) is 292 cm³/mol. The van der Waals surface area contributed by atoms with Crippen LogP contribution < -0.4 is 0 Å². The third-order valence-electron chi connectivity index (χ3n) is 14.9. The number of aromatic hydroxyl groups is 2. The van der Waals surface area contributed by atoms with E-state index in [1.807, 2.05) is 140 Å². The molecule has 0 saturated carbocycles. The van der Waals surface area contributed by atoms with Crippen molar-refractivity contribution in [3.63, 3.8) is 0 Å². The Morgan fingerprint density at radius 3 is 1.17 bits per heavy atom. The quantitative estimate of drug-likeness (QED) is 0.108. The van der Waals surface area contributed by atoms with Gasteiger partial charge < -0.3 is 67.1 Å². The fourth-order valence-corrected chi connectivity index (χ4v) is 11.5. The van der Waals surface area contributed by atoms with Crippen LogP contribution in [-0.4, -0.2) is 120 Å². The van der Waals surface area contributed by atoms with Crippen LogP contribution in [0.4, 0.5) is 0 Å². The second-order valence-electron chi connectivity index (χ2n) is 25.4. The van der Waals surface area contributed by atoms with Gasteiger partial charge in [0.15, 0.2) is 35.7 Å². The van der Waals surface area contributed by atoms with E-state index in [-0.39, 0.29) is 37.9 Å². The molecular weight excluding hydrogens is 997 g/mol. The van der Waals surface area contributed by atoms with Gasteiger partial charge in [-0.3, -0.25) is 9.98 Å². The monoisotopic (exact) mass is 1080 g/mol. The van der Waals surface area contributed by atoms with E-state index in [2.05, 4.69) is 41.5 Å². The fraction of sp³-hybridized carbons (Fsp3) is 0.581. The van der Waals surface area contributed by atoms with Crippen molar-refractivity contribution in [2.45, 2.75) is 218 Å². The first-order chi connectivity index (χ1) is 36.6. The van der Waals surface area contributed by atoms with Gasteiger partial charge in [0, 0.05) is 34.7 Å². The molecule has 2 unspecified atom stereocenters. The number of fused-ring (bicyclic) bond motifs is 6. The van der Waals surface area contributed by atoms with E-state index in [4.69, 9.17) is 66.8 Å². The summed E-state index contributed by atoms with van der Waals surface area (Å²) in [7, 11) is 0. The van der Waals surface area contributed by atoms with E-state index in [0.29, 0.717) is 11.1 Å². The molecule has 2 N–H and O–H groups in total. The number of phenols is 2. The summed E-state index contributed by atoms with van der Waals surface area (Å²) < 4.78 is 75.9. The molecule has 4 aromatic carbocycles. The first kappa shape index (κ1) is 56.6. The van der Waals surface area contributed by atoms with Gasteiger partial charge in [0.25, 0.3) is 0 Å². The van der Waals surface area contributed by atoms with Crippen LogP contribution in [0.25, 0.3) is 0 Å². The third-order valence-corrected chi connectivity index (χ3v) is 14.9. The first-order valence-electron chi connectivity index (χ1n) is 27.4. The van der Waals surface area contributed by atoms with Gasteiger partial charge in [-0.15, -0.1) is 0 Å². The number of ether oxygens (including phenoxy) is 12. The average molecular weight is 1080 g/mol. The lowest BCUT2D eigenvalue weighted by atomic mass is 9.84. The molecule has 0 bridgehead atoms. The minimum Gasteiger partial charge on any atom is -0.507 e. The molecule has 6 heterocycles. The summed E-state index contributed by atoms with van der Waals surface area (Å²) in [5.74, 6) is -3.10. The highest BCUT2D eigenvalue weighted by molar-refractivity contribution is 5.86. The highest BCUT2D eigenvalue weighted by Gasteiger charge is 2.62. The Balaban J connectivity index is 0.921. The minimum atomic E-state index is -0.838. The Bertz CT molecular complexity index is 2630. The average Bonchev–Trinajstić information content (AvgIpc) is 4.17. The van der Waals surface area contributed by atoms with Crippen LogP contribution in [-0.2, 0) is 80.9 Å². The van der Waals surface area contributed by atoms with Crippen molar-refractivity contribution >= 4 is 12.4 Å². The Hall–Kier alpha value is -4.66. The Morgan fingerprint density at radius 1 is 0.474 bits per heavy atom. The number of nitrogens with zero attached hydrogens (tertiary/aromatic N) is 2. The smallest absolute Gasteiger partial charge is 0.190 e. The second kappa shape index (κ2) is 21.3. The molecule has 0 aromatic heterocycles. The zero-order chi connectivity index (χ0) is 55.7. The SMILES string of the molecule is CC1(C)O[C@@H]2[C@H](O1)[C@H]1OC(C)(C)OC1O[C@@H]2COCc1cc(C=N[C@@H](c2ccccc2)[C@@H](N=Cc2cc(COC[C@H]3OC4OC(C)(C)O[C@@H]4[C@H]4OC(C)(C)O[C@H]43)cc(C(C)(C)C)c2O)c2ccccc2)c(O)c(C(C)(C)C)c1. The summed E-state index contributed by atoms with van der Waals surface area (Å²) in [6.45, 7) is 28.2. The van der Waals surface area contributed by atoms with E-state index in [1.165, 1.54) is 0 Å². The van der Waals surface area contributed by atoms with Crippen LogP contribution in [0.3, 0.4) is 0 Å². The molecule has 0 radical (unpaired) electrons. The van der Waals surface area contributed by atoms with Crippen molar-refractivity contribution in [1.29, 1.82) is 0 Å². The molecule has 0 aliphatic carbocycles. The molecular formula is C62H80N2O14. The standard InChI is InChI=1S/C62H80N2O14/c1-57(2,3)41-27-35(31-67-33-43-49-51(73-59(7,8)71-49)53-55(69-43)77-61(11,12)75-53)25-39(47(41)65)29-63-45(37-21-17-15-18-22-37)46(38-23-19-16-20-24-38)64-30-40-26-36(28-42(48(40)66)58(4,5)6)32-68-34-44-50-52(74-60(9,10)72-50)54-56(70-44)78-62(13,14)76-54/h15-30,43-46,49-56,65-66H,31-34H2,1-14H3/t43-,44-,45+,46+,49+,50+,51+,52+,53-,54-,55?,56?/m1/s1. The Morgan fingerprint density at radius 2 is 0.808 bits per heavy atom. The van der Waals surface area contributed by atoms with Crippen molar-refractivity contribution in [2.24, 2.45) is 9.98 Å². The van der Waals surface area contributed by atoms with Crippen LogP contribution in [0.2, 0.25) is 0 Å². The number of aliphatic imine (C=N–C) groups is 2. The summed E-state index contributed by atoms with van der Waals surface area (Å²) in [4.78, 5) is 10.6. The highest BCUT2D eigenvalue weighted by Crippen LogP contribution is 2.47. The van der Waals surface area contributed by atoms with Crippen molar-refractivity contribution in [1.82, 2.24) is 0 Å². The van der Waals surface area contributed by atoms with Crippen LogP contribution in [0.15, 0.2) is 94.9 Å². The van der Waals surface area contributed by atoms with Crippen molar-refractivity contribution in [3.8, 4) is 11.5 Å². The molecule has 12 atom stereocenters. The van der Waals surface area contributed by atoms with Crippen molar-refractivity contribution in [3.05, 3.63) is 129 Å². The van der Waals surface area contributed by atoms with Crippen molar-refractivity contribution in [2.75, 3.05) is 13.2 Å². The van der Waals surface area contributed by atoms with Gasteiger partial charge >= 0.3 is 0 Å². The molecule has 422 valence electrons. The highest BCUT2D eigenvalue weighted by atomic mass is 16.9. The van der Waals surface area contributed by atoms with Gasteiger partial charge in [-0.25, -0.2) is 0 Å².